The molecule has 0 fully saturated rings. The minimum absolute atomic E-state index is 0.0871. The van der Waals surface area contributed by atoms with E-state index in [2.05, 4.69) is 57.2 Å². The van der Waals surface area contributed by atoms with Crippen LogP contribution in [-0.4, -0.2) is 37.2 Å². The summed E-state index contributed by atoms with van der Waals surface area (Å²) in [7, 11) is 0. The Morgan fingerprint density at radius 2 is 0.552 bits per heavy atom. The second-order valence-electron chi connectivity index (χ2n) is 19.9. The monoisotopic (exact) mass is 941 g/mol. The molecule has 0 radical (unpaired) electrons. The number of carbonyl (C=O) groups excluding carboxylic acids is 3. The standard InChI is InChI=1S/C61H112O6/c1-4-7-10-13-16-19-22-25-28-30-33-36-39-42-45-48-51-54-60(63)66-57-58(56-65-59(62)53-50-47-44-41-38-35-32-27-24-21-18-15-12-9-6-3)67-61(64)55-52-49-46-43-40-37-34-31-29-26-23-20-17-14-11-8-5-2/h26,29,34,37,43,46,58H,4-25,27-28,30-33,35-36,38-42,44-45,47-57H2,1-3H3/b29-26-,37-34-,46-43-/t58-/m0/s1. The number of carbonyl (C=O) groups is 3. The third kappa shape index (κ3) is 54.4. The molecule has 0 heterocycles. The molecule has 0 aliphatic heterocycles. The van der Waals surface area contributed by atoms with Gasteiger partial charge < -0.3 is 14.2 Å². The molecule has 0 aromatic heterocycles. The number of ether oxygens (including phenoxy) is 3. The molecule has 392 valence electrons. The van der Waals surface area contributed by atoms with E-state index in [4.69, 9.17) is 14.2 Å². The van der Waals surface area contributed by atoms with E-state index >= 15 is 0 Å². The summed E-state index contributed by atoms with van der Waals surface area (Å²) in [6.07, 6.45) is 67.1. The van der Waals surface area contributed by atoms with Gasteiger partial charge in [0, 0.05) is 19.3 Å². The van der Waals surface area contributed by atoms with Crippen LogP contribution in [0.25, 0.3) is 0 Å². The van der Waals surface area contributed by atoms with Crippen LogP contribution in [0.4, 0.5) is 0 Å². The number of hydrogen-bond acceptors (Lipinski definition) is 6. The zero-order valence-corrected chi connectivity index (χ0v) is 44.9. The Balaban J connectivity index is 4.40. The first kappa shape index (κ1) is 64.6. The fraction of sp³-hybridized carbons (Fsp3) is 0.852. The minimum Gasteiger partial charge on any atom is -0.462 e. The zero-order chi connectivity index (χ0) is 48.6. The average molecular weight is 942 g/mol. The summed E-state index contributed by atoms with van der Waals surface area (Å²) in [6.45, 7) is 6.64. The van der Waals surface area contributed by atoms with Crippen LogP contribution in [0.5, 0.6) is 0 Å². The van der Waals surface area contributed by atoms with E-state index in [1.54, 1.807) is 0 Å². The second-order valence-corrected chi connectivity index (χ2v) is 19.9. The maximum absolute atomic E-state index is 12.8. The van der Waals surface area contributed by atoms with Crippen molar-refractivity contribution >= 4 is 17.9 Å². The van der Waals surface area contributed by atoms with Gasteiger partial charge in [-0.1, -0.05) is 282 Å². The Kier molecular flexibility index (Phi) is 54.2. The van der Waals surface area contributed by atoms with E-state index in [-0.39, 0.29) is 37.5 Å². The molecule has 0 aromatic carbocycles. The third-order valence-electron chi connectivity index (χ3n) is 13.1. The summed E-state index contributed by atoms with van der Waals surface area (Å²) in [5.41, 5.74) is 0. The number of hydrogen-bond donors (Lipinski definition) is 0. The maximum Gasteiger partial charge on any atom is 0.306 e. The molecule has 6 nitrogen and oxygen atoms in total. The molecule has 0 bridgehead atoms. The van der Waals surface area contributed by atoms with Gasteiger partial charge in [-0.15, -0.1) is 0 Å². The molecule has 6 heteroatoms. The molecular formula is C61H112O6. The fourth-order valence-corrected chi connectivity index (χ4v) is 8.70. The van der Waals surface area contributed by atoms with Crippen LogP contribution in [0.2, 0.25) is 0 Å². The van der Waals surface area contributed by atoms with E-state index in [0.717, 1.165) is 57.8 Å². The van der Waals surface area contributed by atoms with E-state index in [1.807, 2.05) is 0 Å². The van der Waals surface area contributed by atoms with Crippen LogP contribution < -0.4 is 0 Å². The normalized spacial score (nSPS) is 12.2. The quantitative estimate of drug-likeness (QED) is 0.0262. The van der Waals surface area contributed by atoms with Crippen molar-refractivity contribution in [2.75, 3.05) is 13.2 Å². The van der Waals surface area contributed by atoms with Crippen LogP contribution in [0.1, 0.15) is 316 Å². The molecule has 0 aromatic rings. The number of rotatable bonds is 54. The minimum atomic E-state index is -0.794. The van der Waals surface area contributed by atoms with Crippen molar-refractivity contribution in [2.45, 2.75) is 322 Å². The van der Waals surface area contributed by atoms with Gasteiger partial charge in [0.15, 0.2) is 6.10 Å². The van der Waals surface area contributed by atoms with Crippen molar-refractivity contribution in [3.05, 3.63) is 36.5 Å². The number of unbranched alkanes of at least 4 members (excludes halogenated alkanes) is 37. The first-order valence-corrected chi connectivity index (χ1v) is 29.5. The highest BCUT2D eigenvalue weighted by molar-refractivity contribution is 5.71. The number of esters is 3. The summed E-state index contributed by atoms with van der Waals surface area (Å²) in [6, 6.07) is 0. The first-order valence-electron chi connectivity index (χ1n) is 29.5. The second kappa shape index (κ2) is 56.2. The summed E-state index contributed by atoms with van der Waals surface area (Å²) in [4.78, 5) is 38.1. The van der Waals surface area contributed by atoms with Gasteiger partial charge in [-0.05, 0) is 51.4 Å². The van der Waals surface area contributed by atoms with Gasteiger partial charge in [0.2, 0.25) is 0 Å². The highest BCUT2D eigenvalue weighted by Gasteiger charge is 2.19. The van der Waals surface area contributed by atoms with Crippen LogP contribution in [0.3, 0.4) is 0 Å². The first-order chi connectivity index (χ1) is 33.0. The Bertz CT molecular complexity index is 1130. The molecule has 0 unspecified atom stereocenters. The topological polar surface area (TPSA) is 78.9 Å². The molecule has 0 aliphatic carbocycles. The van der Waals surface area contributed by atoms with Gasteiger partial charge >= 0.3 is 17.9 Å². The SMILES string of the molecule is CCCCCCCC/C=C\C/C=C\C/C=C\CCCC(=O)O[C@@H](COC(=O)CCCCCCCCCCCCCCCCC)COC(=O)CCCCCCCCCCCCCCCCCCC. The average Bonchev–Trinajstić information content (AvgIpc) is 3.33. The Labute approximate surface area is 416 Å². The molecule has 1 atom stereocenters. The highest BCUT2D eigenvalue weighted by atomic mass is 16.6. The van der Waals surface area contributed by atoms with Gasteiger partial charge in [-0.25, -0.2) is 0 Å². The smallest absolute Gasteiger partial charge is 0.306 e. The van der Waals surface area contributed by atoms with E-state index in [0.29, 0.717) is 19.3 Å². The van der Waals surface area contributed by atoms with Gasteiger partial charge in [-0.2, -0.15) is 0 Å². The predicted molar refractivity (Wildman–Crippen MR) is 289 cm³/mol. The van der Waals surface area contributed by atoms with Crippen LogP contribution in [0, 0.1) is 0 Å². The summed E-state index contributed by atoms with van der Waals surface area (Å²) in [5.74, 6) is -0.919. The van der Waals surface area contributed by atoms with Gasteiger partial charge in [-0.3, -0.25) is 14.4 Å². The van der Waals surface area contributed by atoms with Crippen molar-refractivity contribution in [2.24, 2.45) is 0 Å². The van der Waals surface area contributed by atoms with Crippen molar-refractivity contribution in [3.8, 4) is 0 Å². The zero-order valence-electron chi connectivity index (χ0n) is 44.9. The van der Waals surface area contributed by atoms with Crippen molar-refractivity contribution in [1.82, 2.24) is 0 Å². The van der Waals surface area contributed by atoms with Crippen LogP contribution >= 0.6 is 0 Å². The van der Waals surface area contributed by atoms with Crippen LogP contribution in [-0.2, 0) is 28.6 Å². The fourth-order valence-electron chi connectivity index (χ4n) is 8.70. The van der Waals surface area contributed by atoms with Gasteiger partial charge in [0.1, 0.15) is 13.2 Å². The molecule has 0 rings (SSSR count). The lowest BCUT2D eigenvalue weighted by Crippen LogP contribution is -2.30. The Morgan fingerprint density at radius 1 is 0.299 bits per heavy atom. The number of allylic oxidation sites excluding steroid dienone is 6. The van der Waals surface area contributed by atoms with E-state index in [9.17, 15) is 14.4 Å². The molecule has 0 N–H and O–H groups in total. The highest BCUT2D eigenvalue weighted by Crippen LogP contribution is 2.17. The van der Waals surface area contributed by atoms with Crippen molar-refractivity contribution in [1.29, 1.82) is 0 Å². The maximum atomic E-state index is 12.8. The lowest BCUT2D eigenvalue weighted by atomic mass is 10.0. The molecule has 0 saturated heterocycles. The van der Waals surface area contributed by atoms with Crippen molar-refractivity contribution < 1.29 is 28.6 Å². The summed E-state index contributed by atoms with van der Waals surface area (Å²) >= 11 is 0. The lowest BCUT2D eigenvalue weighted by molar-refractivity contribution is -0.167. The van der Waals surface area contributed by atoms with Crippen molar-refractivity contribution in [3.63, 3.8) is 0 Å². The largest absolute Gasteiger partial charge is 0.462 e. The van der Waals surface area contributed by atoms with Crippen LogP contribution in [0.15, 0.2) is 36.5 Å². The van der Waals surface area contributed by atoms with E-state index in [1.165, 1.54) is 212 Å². The lowest BCUT2D eigenvalue weighted by Gasteiger charge is -2.18. The molecule has 0 amide bonds. The predicted octanol–water partition coefficient (Wildman–Crippen LogP) is 19.7. The molecular weight excluding hydrogens is 829 g/mol. The third-order valence-corrected chi connectivity index (χ3v) is 13.1. The molecule has 0 spiro atoms. The Morgan fingerprint density at radius 3 is 0.881 bits per heavy atom. The molecule has 67 heavy (non-hydrogen) atoms. The summed E-state index contributed by atoms with van der Waals surface area (Å²) in [5, 5.41) is 0. The van der Waals surface area contributed by atoms with Gasteiger partial charge in [0.25, 0.3) is 0 Å². The Hall–Kier alpha value is -2.37. The molecule has 0 aliphatic rings. The van der Waals surface area contributed by atoms with Gasteiger partial charge in [0.05, 0.1) is 0 Å². The van der Waals surface area contributed by atoms with E-state index < -0.39 is 6.10 Å². The molecule has 0 saturated carbocycles. The summed E-state index contributed by atoms with van der Waals surface area (Å²) < 4.78 is 16.8.